The number of fused-ring (bicyclic) bond motifs is 1. The molecule has 1 heterocycles. The molecule has 0 radical (unpaired) electrons. The Labute approximate surface area is 147 Å². The number of rotatable bonds is 4. The highest BCUT2D eigenvalue weighted by molar-refractivity contribution is 8.00. The van der Waals surface area contributed by atoms with Crippen molar-refractivity contribution >= 4 is 57.6 Å². The summed E-state index contributed by atoms with van der Waals surface area (Å²) in [7, 11) is 0. The Bertz CT molecular complexity index is 873. The lowest BCUT2D eigenvalue weighted by atomic mass is 10.2. The zero-order valence-corrected chi connectivity index (χ0v) is 14.1. The number of anilines is 1. The molecule has 0 atom stereocenters. The van der Waals surface area contributed by atoms with Gasteiger partial charge < -0.3 is 5.32 Å². The largest absolute Gasteiger partial charge is 0.325 e. The first kappa shape index (κ1) is 16.1. The molecule has 0 bridgehead atoms. The molecule has 0 saturated carbocycles. The minimum atomic E-state index is -0.130. The molecule has 0 fully saturated rings. The van der Waals surface area contributed by atoms with Crippen molar-refractivity contribution in [1.82, 2.24) is 9.97 Å². The maximum atomic E-state index is 12.1. The second-order valence-corrected chi connectivity index (χ2v) is 6.53. The molecule has 0 aliphatic carbocycles. The van der Waals surface area contributed by atoms with Crippen LogP contribution in [0.2, 0.25) is 10.0 Å². The summed E-state index contributed by atoms with van der Waals surface area (Å²) in [6.45, 7) is 0. The zero-order chi connectivity index (χ0) is 16.2. The Balaban J connectivity index is 1.65. The quantitative estimate of drug-likeness (QED) is 0.684. The topological polar surface area (TPSA) is 54.9 Å². The number of carbonyl (C=O) groups excluding carboxylic acids is 1. The average molecular weight is 364 g/mol. The minimum absolute atomic E-state index is 0.130. The second-order valence-electron chi connectivity index (χ2n) is 4.67. The van der Waals surface area contributed by atoms with Crippen LogP contribution in [-0.2, 0) is 4.79 Å². The summed E-state index contributed by atoms with van der Waals surface area (Å²) in [4.78, 5) is 21.3. The lowest BCUT2D eigenvalue weighted by Gasteiger charge is -2.07. The van der Waals surface area contributed by atoms with Crippen molar-refractivity contribution in [3.05, 3.63) is 58.8 Å². The van der Waals surface area contributed by atoms with Crippen LogP contribution in [0.5, 0.6) is 0 Å². The Morgan fingerprint density at radius 1 is 1.04 bits per heavy atom. The van der Waals surface area contributed by atoms with E-state index < -0.39 is 0 Å². The maximum absolute atomic E-state index is 12.1. The van der Waals surface area contributed by atoms with Crippen LogP contribution in [0.3, 0.4) is 0 Å². The van der Waals surface area contributed by atoms with E-state index in [-0.39, 0.29) is 11.7 Å². The van der Waals surface area contributed by atoms with E-state index in [1.54, 1.807) is 42.7 Å². The summed E-state index contributed by atoms with van der Waals surface area (Å²) >= 11 is 13.3. The van der Waals surface area contributed by atoms with Crippen LogP contribution in [0.1, 0.15) is 0 Å². The third-order valence-corrected chi connectivity index (χ3v) is 4.74. The highest BCUT2D eigenvalue weighted by Gasteiger charge is 2.08. The molecule has 23 heavy (non-hydrogen) atoms. The number of halogens is 2. The Hall–Kier alpha value is -1.82. The molecule has 1 amide bonds. The first-order valence-electron chi connectivity index (χ1n) is 6.70. The van der Waals surface area contributed by atoms with Crippen LogP contribution in [0.25, 0.3) is 11.0 Å². The van der Waals surface area contributed by atoms with Crippen molar-refractivity contribution in [2.45, 2.75) is 4.90 Å². The standard InChI is InChI=1S/C16H11Cl2N3OS/c17-10-1-3-12(18)15(7-10)23-9-16(22)21-11-2-4-13-14(8-11)20-6-5-19-13/h1-8H,9H2,(H,21,22). The van der Waals surface area contributed by atoms with Crippen molar-refractivity contribution in [1.29, 1.82) is 0 Å². The number of hydrogen-bond acceptors (Lipinski definition) is 4. The molecule has 4 nitrogen and oxygen atoms in total. The molecule has 3 aromatic rings. The van der Waals surface area contributed by atoms with E-state index in [1.807, 2.05) is 6.07 Å². The molecule has 0 aliphatic heterocycles. The van der Waals surface area contributed by atoms with Gasteiger partial charge in [0.1, 0.15) is 0 Å². The summed E-state index contributed by atoms with van der Waals surface area (Å²) in [6.07, 6.45) is 3.25. The fourth-order valence-corrected chi connectivity index (χ4v) is 3.26. The van der Waals surface area contributed by atoms with Gasteiger partial charge in [-0.15, -0.1) is 11.8 Å². The van der Waals surface area contributed by atoms with Crippen LogP contribution in [-0.4, -0.2) is 21.6 Å². The van der Waals surface area contributed by atoms with Gasteiger partial charge in [-0.3, -0.25) is 14.8 Å². The number of benzene rings is 2. The molecule has 0 spiro atoms. The van der Waals surface area contributed by atoms with Gasteiger partial charge in [0.2, 0.25) is 5.91 Å². The fourth-order valence-electron chi connectivity index (χ4n) is 1.97. The van der Waals surface area contributed by atoms with E-state index in [0.717, 1.165) is 15.9 Å². The first-order chi connectivity index (χ1) is 11.1. The third kappa shape index (κ3) is 4.13. The molecule has 7 heteroatoms. The van der Waals surface area contributed by atoms with Crippen LogP contribution >= 0.6 is 35.0 Å². The SMILES string of the molecule is O=C(CSc1cc(Cl)ccc1Cl)Nc1ccc2nccnc2c1. The van der Waals surface area contributed by atoms with Crippen molar-refractivity contribution in [3.63, 3.8) is 0 Å². The maximum Gasteiger partial charge on any atom is 0.234 e. The third-order valence-electron chi connectivity index (χ3n) is 3.01. The Morgan fingerprint density at radius 2 is 1.83 bits per heavy atom. The molecular formula is C16H11Cl2N3OS. The smallest absolute Gasteiger partial charge is 0.234 e. The molecule has 2 aromatic carbocycles. The van der Waals surface area contributed by atoms with E-state index in [2.05, 4.69) is 15.3 Å². The van der Waals surface area contributed by atoms with Crippen LogP contribution in [0.4, 0.5) is 5.69 Å². The minimum Gasteiger partial charge on any atom is -0.325 e. The average Bonchev–Trinajstić information content (AvgIpc) is 2.55. The number of nitrogens with zero attached hydrogens (tertiary/aromatic N) is 2. The van der Waals surface area contributed by atoms with Gasteiger partial charge in [0.05, 0.1) is 21.8 Å². The molecule has 0 saturated heterocycles. The van der Waals surface area contributed by atoms with Crippen molar-refractivity contribution in [2.24, 2.45) is 0 Å². The Kier molecular flexibility index (Phi) is 5.00. The summed E-state index contributed by atoms with van der Waals surface area (Å²) in [6, 6.07) is 10.6. The molecular weight excluding hydrogens is 353 g/mol. The number of hydrogen-bond donors (Lipinski definition) is 1. The molecule has 116 valence electrons. The highest BCUT2D eigenvalue weighted by Crippen LogP contribution is 2.29. The molecule has 3 rings (SSSR count). The summed E-state index contributed by atoms with van der Waals surface area (Å²) < 4.78 is 0. The number of amides is 1. The first-order valence-corrected chi connectivity index (χ1v) is 8.44. The number of thioether (sulfide) groups is 1. The van der Waals surface area contributed by atoms with Crippen LogP contribution < -0.4 is 5.32 Å². The molecule has 0 aliphatic rings. The lowest BCUT2D eigenvalue weighted by molar-refractivity contribution is -0.113. The van der Waals surface area contributed by atoms with Gasteiger partial charge in [0, 0.05) is 28.0 Å². The lowest BCUT2D eigenvalue weighted by Crippen LogP contribution is -2.14. The van der Waals surface area contributed by atoms with Crippen molar-refractivity contribution in [3.8, 4) is 0 Å². The summed E-state index contributed by atoms with van der Waals surface area (Å²) in [5.74, 6) is 0.104. The van der Waals surface area contributed by atoms with E-state index in [9.17, 15) is 4.79 Å². The van der Waals surface area contributed by atoms with Gasteiger partial charge in [-0.1, -0.05) is 23.2 Å². The van der Waals surface area contributed by atoms with E-state index in [1.165, 1.54) is 11.8 Å². The van der Waals surface area contributed by atoms with Gasteiger partial charge in [-0.25, -0.2) is 0 Å². The number of carbonyl (C=O) groups is 1. The monoisotopic (exact) mass is 363 g/mol. The number of aromatic nitrogens is 2. The van der Waals surface area contributed by atoms with Crippen molar-refractivity contribution < 1.29 is 4.79 Å². The predicted molar refractivity (Wildman–Crippen MR) is 95.4 cm³/mol. The number of nitrogens with one attached hydrogen (secondary N) is 1. The highest BCUT2D eigenvalue weighted by atomic mass is 35.5. The van der Waals surface area contributed by atoms with Gasteiger partial charge in [0.25, 0.3) is 0 Å². The van der Waals surface area contributed by atoms with Gasteiger partial charge in [0.15, 0.2) is 0 Å². The fraction of sp³-hybridized carbons (Fsp3) is 0.0625. The molecule has 1 aromatic heterocycles. The predicted octanol–water partition coefficient (Wildman–Crippen LogP) is 4.67. The summed E-state index contributed by atoms with van der Waals surface area (Å²) in [5, 5.41) is 4.00. The van der Waals surface area contributed by atoms with Gasteiger partial charge in [-0.05, 0) is 36.4 Å². The van der Waals surface area contributed by atoms with Gasteiger partial charge in [-0.2, -0.15) is 0 Å². The zero-order valence-electron chi connectivity index (χ0n) is 11.8. The summed E-state index contributed by atoms with van der Waals surface area (Å²) in [5.41, 5.74) is 2.20. The van der Waals surface area contributed by atoms with E-state index >= 15 is 0 Å². The Morgan fingerprint density at radius 3 is 2.65 bits per heavy atom. The van der Waals surface area contributed by atoms with Crippen LogP contribution in [0, 0.1) is 0 Å². The molecule has 1 N–H and O–H groups in total. The van der Waals surface area contributed by atoms with Crippen molar-refractivity contribution in [2.75, 3.05) is 11.1 Å². The normalized spacial score (nSPS) is 10.7. The second kappa shape index (κ2) is 7.17. The van der Waals surface area contributed by atoms with E-state index in [0.29, 0.717) is 15.7 Å². The van der Waals surface area contributed by atoms with Crippen LogP contribution in [0.15, 0.2) is 53.7 Å². The molecule has 0 unspecified atom stereocenters. The van der Waals surface area contributed by atoms with E-state index in [4.69, 9.17) is 23.2 Å². The van der Waals surface area contributed by atoms with Gasteiger partial charge >= 0.3 is 0 Å².